The summed E-state index contributed by atoms with van der Waals surface area (Å²) in [5.41, 5.74) is 0.542. The lowest BCUT2D eigenvalue weighted by Gasteiger charge is -2.11. The van der Waals surface area contributed by atoms with Gasteiger partial charge in [0, 0.05) is 11.0 Å². The maximum atomic E-state index is 12.0. The standard InChI is InChI=1S/C14H18BrNO3/c1-19-10-4-5-12(15)11(8-10)14(18)16-7-6-13(17)9-2-3-9/h4-5,8-9,13,17H,2-3,6-7H2,1H3,(H,16,18). The number of hydrogen-bond donors (Lipinski definition) is 2. The van der Waals surface area contributed by atoms with Gasteiger partial charge in [-0.3, -0.25) is 4.79 Å². The number of methoxy groups -OCH3 is 1. The Labute approximate surface area is 121 Å². The van der Waals surface area contributed by atoms with Crippen molar-refractivity contribution in [2.45, 2.75) is 25.4 Å². The van der Waals surface area contributed by atoms with E-state index in [2.05, 4.69) is 21.2 Å². The maximum Gasteiger partial charge on any atom is 0.252 e. The van der Waals surface area contributed by atoms with E-state index < -0.39 is 0 Å². The average molecular weight is 328 g/mol. The molecule has 0 spiro atoms. The Morgan fingerprint density at radius 3 is 2.95 bits per heavy atom. The molecule has 0 saturated heterocycles. The summed E-state index contributed by atoms with van der Waals surface area (Å²) >= 11 is 3.35. The lowest BCUT2D eigenvalue weighted by Crippen LogP contribution is -2.28. The summed E-state index contributed by atoms with van der Waals surface area (Å²) < 4.78 is 5.83. The van der Waals surface area contributed by atoms with E-state index in [1.807, 2.05) is 0 Å². The molecule has 1 amide bonds. The molecule has 0 bridgehead atoms. The van der Waals surface area contributed by atoms with Crippen LogP contribution in [0.15, 0.2) is 22.7 Å². The fourth-order valence-corrected chi connectivity index (χ4v) is 2.38. The topological polar surface area (TPSA) is 58.6 Å². The van der Waals surface area contributed by atoms with Crippen molar-refractivity contribution >= 4 is 21.8 Å². The molecule has 0 radical (unpaired) electrons. The smallest absolute Gasteiger partial charge is 0.252 e. The molecule has 1 aromatic rings. The number of amides is 1. The van der Waals surface area contributed by atoms with Crippen LogP contribution in [-0.2, 0) is 0 Å². The van der Waals surface area contributed by atoms with Crippen LogP contribution in [0.1, 0.15) is 29.6 Å². The van der Waals surface area contributed by atoms with E-state index in [1.54, 1.807) is 25.3 Å². The Kier molecular flexibility index (Phi) is 4.82. The molecule has 0 aliphatic heterocycles. The van der Waals surface area contributed by atoms with Crippen LogP contribution in [0.3, 0.4) is 0 Å². The van der Waals surface area contributed by atoms with Crippen LogP contribution in [0.25, 0.3) is 0 Å². The van der Waals surface area contributed by atoms with E-state index in [0.29, 0.717) is 30.2 Å². The molecule has 0 heterocycles. The van der Waals surface area contributed by atoms with Gasteiger partial charge in [-0.15, -0.1) is 0 Å². The van der Waals surface area contributed by atoms with Gasteiger partial charge >= 0.3 is 0 Å². The van der Waals surface area contributed by atoms with Gasteiger partial charge in [-0.1, -0.05) is 0 Å². The Bertz CT molecular complexity index is 460. The number of hydrogen-bond acceptors (Lipinski definition) is 3. The van der Waals surface area contributed by atoms with Gasteiger partial charge in [0.15, 0.2) is 0 Å². The first-order valence-electron chi connectivity index (χ1n) is 6.41. The van der Waals surface area contributed by atoms with Crippen molar-refractivity contribution < 1.29 is 14.6 Å². The molecule has 2 N–H and O–H groups in total. The summed E-state index contributed by atoms with van der Waals surface area (Å²) in [5, 5.41) is 12.5. The highest BCUT2D eigenvalue weighted by molar-refractivity contribution is 9.10. The number of halogens is 1. The molecule has 4 nitrogen and oxygen atoms in total. The van der Waals surface area contributed by atoms with Crippen molar-refractivity contribution in [1.29, 1.82) is 0 Å². The first kappa shape index (κ1) is 14.3. The maximum absolute atomic E-state index is 12.0. The number of ether oxygens (including phenoxy) is 1. The summed E-state index contributed by atoms with van der Waals surface area (Å²) in [6, 6.07) is 5.27. The minimum absolute atomic E-state index is 0.159. The van der Waals surface area contributed by atoms with Crippen LogP contribution in [0.5, 0.6) is 5.75 Å². The number of carbonyl (C=O) groups excluding carboxylic acids is 1. The lowest BCUT2D eigenvalue weighted by atomic mass is 10.1. The molecule has 1 aliphatic rings. The van der Waals surface area contributed by atoms with Gasteiger partial charge in [0.25, 0.3) is 5.91 Å². The summed E-state index contributed by atoms with van der Waals surface area (Å²) in [4.78, 5) is 12.0. The third-order valence-electron chi connectivity index (χ3n) is 3.31. The van der Waals surface area contributed by atoms with Gasteiger partial charge in [0.1, 0.15) is 5.75 Å². The number of aliphatic hydroxyl groups excluding tert-OH is 1. The third-order valence-corrected chi connectivity index (χ3v) is 4.00. The zero-order valence-electron chi connectivity index (χ0n) is 10.9. The zero-order chi connectivity index (χ0) is 13.8. The summed E-state index contributed by atoms with van der Waals surface area (Å²) in [6.45, 7) is 0.486. The number of nitrogens with one attached hydrogen (secondary N) is 1. The lowest BCUT2D eigenvalue weighted by molar-refractivity contribution is 0.0935. The molecule has 1 aromatic carbocycles. The molecular weight excluding hydrogens is 310 g/mol. The summed E-state index contributed by atoms with van der Waals surface area (Å²) in [5.74, 6) is 0.931. The first-order chi connectivity index (χ1) is 9.11. The number of rotatable bonds is 6. The number of benzene rings is 1. The van der Waals surface area contributed by atoms with Crippen molar-refractivity contribution in [1.82, 2.24) is 5.32 Å². The molecule has 0 aromatic heterocycles. The van der Waals surface area contributed by atoms with E-state index in [-0.39, 0.29) is 12.0 Å². The third kappa shape index (κ3) is 3.94. The number of aliphatic hydroxyl groups is 1. The molecule has 1 saturated carbocycles. The summed E-state index contributed by atoms with van der Waals surface area (Å²) in [6.07, 6.45) is 2.54. The Morgan fingerprint density at radius 1 is 1.58 bits per heavy atom. The quantitative estimate of drug-likeness (QED) is 0.843. The SMILES string of the molecule is COc1ccc(Br)c(C(=O)NCCC(O)C2CC2)c1. The fraction of sp³-hybridized carbons (Fsp3) is 0.500. The predicted molar refractivity (Wildman–Crippen MR) is 76.4 cm³/mol. The zero-order valence-corrected chi connectivity index (χ0v) is 12.4. The van der Waals surface area contributed by atoms with Gasteiger partial charge in [0.05, 0.1) is 18.8 Å². The van der Waals surface area contributed by atoms with Crippen molar-refractivity contribution in [3.8, 4) is 5.75 Å². The van der Waals surface area contributed by atoms with Crippen LogP contribution >= 0.6 is 15.9 Å². The highest BCUT2D eigenvalue weighted by Gasteiger charge is 2.29. The number of carbonyl (C=O) groups is 1. The Morgan fingerprint density at radius 2 is 2.32 bits per heavy atom. The second-order valence-electron chi connectivity index (χ2n) is 4.80. The van der Waals surface area contributed by atoms with Crippen molar-refractivity contribution in [3.63, 3.8) is 0 Å². The van der Waals surface area contributed by atoms with Crippen molar-refractivity contribution in [2.24, 2.45) is 5.92 Å². The minimum Gasteiger partial charge on any atom is -0.497 e. The monoisotopic (exact) mass is 327 g/mol. The molecule has 104 valence electrons. The Hall–Kier alpha value is -1.07. The van der Waals surface area contributed by atoms with E-state index in [4.69, 9.17) is 4.74 Å². The van der Waals surface area contributed by atoms with Gasteiger partial charge in [-0.2, -0.15) is 0 Å². The molecule has 1 fully saturated rings. The van der Waals surface area contributed by atoms with Crippen LogP contribution in [0, 0.1) is 5.92 Å². The van der Waals surface area contributed by atoms with E-state index in [9.17, 15) is 9.90 Å². The van der Waals surface area contributed by atoms with Gasteiger partial charge < -0.3 is 15.2 Å². The highest BCUT2D eigenvalue weighted by atomic mass is 79.9. The predicted octanol–water partition coefficient (Wildman–Crippen LogP) is 2.35. The minimum atomic E-state index is -0.283. The highest BCUT2D eigenvalue weighted by Crippen LogP contribution is 2.33. The largest absolute Gasteiger partial charge is 0.497 e. The van der Waals surface area contributed by atoms with Gasteiger partial charge in [0.2, 0.25) is 0 Å². The van der Waals surface area contributed by atoms with Gasteiger partial charge in [-0.05, 0) is 59.3 Å². The first-order valence-corrected chi connectivity index (χ1v) is 7.21. The second-order valence-corrected chi connectivity index (χ2v) is 5.65. The normalized spacial score (nSPS) is 15.9. The summed E-state index contributed by atoms with van der Waals surface area (Å²) in [7, 11) is 1.57. The van der Waals surface area contributed by atoms with Crippen LogP contribution in [0.2, 0.25) is 0 Å². The van der Waals surface area contributed by atoms with Crippen LogP contribution < -0.4 is 10.1 Å². The Balaban J connectivity index is 1.88. The molecule has 1 aliphatic carbocycles. The van der Waals surface area contributed by atoms with Crippen molar-refractivity contribution in [3.05, 3.63) is 28.2 Å². The second kappa shape index (κ2) is 6.39. The molecule has 19 heavy (non-hydrogen) atoms. The van der Waals surface area contributed by atoms with E-state index in [0.717, 1.165) is 17.3 Å². The van der Waals surface area contributed by atoms with E-state index in [1.165, 1.54) is 0 Å². The molecule has 5 heteroatoms. The molecule has 1 unspecified atom stereocenters. The molecule has 2 rings (SSSR count). The van der Waals surface area contributed by atoms with Crippen LogP contribution in [0.4, 0.5) is 0 Å². The van der Waals surface area contributed by atoms with E-state index >= 15 is 0 Å². The van der Waals surface area contributed by atoms with Gasteiger partial charge in [-0.25, -0.2) is 0 Å². The van der Waals surface area contributed by atoms with Crippen molar-refractivity contribution in [2.75, 3.05) is 13.7 Å². The fourth-order valence-electron chi connectivity index (χ4n) is 1.95. The molecule has 1 atom stereocenters. The molecular formula is C14H18BrNO3. The van der Waals surface area contributed by atoms with Crippen LogP contribution in [-0.4, -0.2) is 30.8 Å². The average Bonchev–Trinajstić information content (AvgIpc) is 3.23.